The molecule has 0 saturated carbocycles. The zero-order valence-electron chi connectivity index (χ0n) is 13.0. The van der Waals surface area contributed by atoms with Gasteiger partial charge in [0, 0.05) is 38.9 Å². The third-order valence-electron chi connectivity index (χ3n) is 3.75. The van der Waals surface area contributed by atoms with Crippen LogP contribution in [-0.2, 0) is 14.3 Å². The number of rotatable bonds is 5. The van der Waals surface area contributed by atoms with Gasteiger partial charge >= 0.3 is 5.97 Å². The fourth-order valence-electron chi connectivity index (χ4n) is 2.59. The lowest BCUT2D eigenvalue weighted by molar-refractivity contribution is -0.166. The quantitative estimate of drug-likeness (QED) is 0.767. The van der Waals surface area contributed by atoms with Gasteiger partial charge in [-0.3, -0.25) is 4.90 Å². The van der Waals surface area contributed by atoms with Crippen molar-refractivity contribution in [3.05, 3.63) is 30.3 Å². The van der Waals surface area contributed by atoms with Crippen molar-refractivity contribution in [1.29, 1.82) is 0 Å². The van der Waals surface area contributed by atoms with E-state index >= 15 is 0 Å². The summed E-state index contributed by atoms with van der Waals surface area (Å²) in [6.07, 6.45) is -0.425. The van der Waals surface area contributed by atoms with Gasteiger partial charge in [0.2, 0.25) is 0 Å². The summed E-state index contributed by atoms with van der Waals surface area (Å²) >= 11 is 0. The molecule has 0 aliphatic carbocycles. The lowest BCUT2D eigenvalue weighted by atomic mass is 10.2. The minimum Gasteiger partial charge on any atom is -0.467 e. The van der Waals surface area contributed by atoms with Gasteiger partial charge in [0.05, 0.1) is 13.2 Å². The summed E-state index contributed by atoms with van der Waals surface area (Å²) in [5.74, 6) is -0.289. The van der Waals surface area contributed by atoms with Gasteiger partial charge in [-0.2, -0.15) is 0 Å². The maximum Gasteiger partial charge on any atom is 0.336 e. The lowest BCUT2D eigenvalue weighted by Crippen LogP contribution is -2.51. The summed E-state index contributed by atoms with van der Waals surface area (Å²) in [5.41, 5.74) is 1.20. The molecule has 1 aromatic carbocycles. The molecule has 21 heavy (non-hydrogen) atoms. The number of morpholine rings is 1. The van der Waals surface area contributed by atoms with E-state index in [2.05, 4.69) is 29.0 Å². The summed E-state index contributed by atoms with van der Waals surface area (Å²) in [7, 11) is 3.48. The third kappa shape index (κ3) is 4.44. The van der Waals surface area contributed by atoms with Crippen LogP contribution in [-0.4, -0.2) is 63.4 Å². The van der Waals surface area contributed by atoms with Crippen LogP contribution in [0, 0.1) is 0 Å². The van der Waals surface area contributed by atoms with E-state index in [1.807, 2.05) is 25.1 Å². The Kier molecular flexibility index (Phi) is 5.59. The number of hydrogen-bond donors (Lipinski definition) is 0. The molecule has 116 valence electrons. The highest BCUT2D eigenvalue weighted by molar-refractivity contribution is 5.75. The Morgan fingerprint density at radius 1 is 1.38 bits per heavy atom. The van der Waals surface area contributed by atoms with E-state index in [-0.39, 0.29) is 12.1 Å². The Hall–Kier alpha value is -1.59. The van der Waals surface area contributed by atoms with Crippen LogP contribution in [0.4, 0.5) is 5.69 Å². The summed E-state index contributed by atoms with van der Waals surface area (Å²) < 4.78 is 10.4. The standard InChI is InChI=1S/C16H24N2O3/c1-13-11-18(12-15(21-13)16(19)20-3)10-9-17(2)14-7-5-4-6-8-14/h4-8,13,15H,9-12H2,1-3H3/t13-,15+/m1/s1. The Morgan fingerprint density at radius 2 is 2.10 bits per heavy atom. The first-order valence-electron chi connectivity index (χ1n) is 7.32. The molecule has 0 aromatic heterocycles. The van der Waals surface area contributed by atoms with Crippen molar-refractivity contribution < 1.29 is 14.3 Å². The highest BCUT2D eigenvalue weighted by Crippen LogP contribution is 2.14. The van der Waals surface area contributed by atoms with Crippen LogP contribution in [0.5, 0.6) is 0 Å². The van der Waals surface area contributed by atoms with E-state index in [9.17, 15) is 4.79 Å². The molecule has 2 rings (SSSR count). The van der Waals surface area contributed by atoms with E-state index in [1.165, 1.54) is 12.8 Å². The number of para-hydroxylation sites is 1. The number of ether oxygens (including phenoxy) is 2. The highest BCUT2D eigenvalue weighted by Gasteiger charge is 2.30. The number of nitrogens with zero attached hydrogens (tertiary/aromatic N) is 2. The van der Waals surface area contributed by atoms with Crippen LogP contribution < -0.4 is 4.90 Å². The summed E-state index contributed by atoms with van der Waals surface area (Å²) in [6.45, 7) is 5.23. The van der Waals surface area contributed by atoms with Crippen molar-refractivity contribution in [2.45, 2.75) is 19.1 Å². The fourth-order valence-corrected chi connectivity index (χ4v) is 2.59. The van der Waals surface area contributed by atoms with E-state index < -0.39 is 6.10 Å². The van der Waals surface area contributed by atoms with Crippen LogP contribution in [0.2, 0.25) is 0 Å². The predicted molar refractivity (Wildman–Crippen MR) is 82.5 cm³/mol. The van der Waals surface area contributed by atoms with Crippen molar-refractivity contribution in [3.63, 3.8) is 0 Å². The number of benzene rings is 1. The van der Waals surface area contributed by atoms with Crippen LogP contribution in [0.25, 0.3) is 0 Å². The number of hydrogen-bond acceptors (Lipinski definition) is 5. The van der Waals surface area contributed by atoms with Gasteiger partial charge in [-0.25, -0.2) is 4.79 Å². The molecule has 5 heteroatoms. The summed E-state index contributed by atoms with van der Waals surface area (Å²) in [4.78, 5) is 16.1. The Balaban J connectivity index is 1.86. The lowest BCUT2D eigenvalue weighted by Gasteiger charge is -2.36. The molecule has 2 atom stereocenters. The molecule has 1 fully saturated rings. The molecular formula is C16H24N2O3. The molecule has 1 aliphatic rings. The number of methoxy groups -OCH3 is 1. The second-order valence-electron chi connectivity index (χ2n) is 5.48. The minimum atomic E-state index is -0.471. The molecule has 0 bridgehead atoms. The zero-order chi connectivity index (χ0) is 15.2. The molecular weight excluding hydrogens is 268 g/mol. The van der Waals surface area contributed by atoms with Gasteiger partial charge in [0.15, 0.2) is 6.10 Å². The smallest absolute Gasteiger partial charge is 0.336 e. The SMILES string of the molecule is COC(=O)[C@@H]1CN(CCN(C)c2ccccc2)C[C@@H](C)O1. The molecule has 0 N–H and O–H groups in total. The maximum atomic E-state index is 11.6. The second kappa shape index (κ2) is 7.43. The Bertz CT molecular complexity index is 452. The van der Waals surface area contributed by atoms with Crippen LogP contribution in [0.15, 0.2) is 30.3 Å². The number of anilines is 1. The molecule has 0 unspecified atom stereocenters. The molecule has 0 amide bonds. The number of carbonyl (C=O) groups excluding carboxylic acids is 1. The van der Waals surface area contributed by atoms with E-state index in [0.717, 1.165) is 19.6 Å². The van der Waals surface area contributed by atoms with Crippen LogP contribution in [0.1, 0.15) is 6.92 Å². The van der Waals surface area contributed by atoms with E-state index in [0.29, 0.717) is 6.54 Å². The van der Waals surface area contributed by atoms with Crippen molar-refractivity contribution in [2.24, 2.45) is 0 Å². The molecule has 1 saturated heterocycles. The Morgan fingerprint density at radius 3 is 2.76 bits per heavy atom. The van der Waals surface area contributed by atoms with Gasteiger partial charge < -0.3 is 14.4 Å². The highest BCUT2D eigenvalue weighted by atomic mass is 16.6. The number of likely N-dealkylation sites (N-methyl/N-ethyl adjacent to an activating group) is 1. The van der Waals surface area contributed by atoms with Gasteiger partial charge in [-0.15, -0.1) is 0 Å². The van der Waals surface area contributed by atoms with Gasteiger partial charge in [-0.1, -0.05) is 18.2 Å². The maximum absolute atomic E-state index is 11.6. The monoisotopic (exact) mass is 292 g/mol. The minimum absolute atomic E-state index is 0.0462. The molecule has 1 aliphatic heterocycles. The van der Waals surface area contributed by atoms with E-state index in [1.54, 1.807) is 0 Å². The molecule has 1 aromatic rings. The average molecular weight is 292 g/mol. The van der Waals surface area contributed by atoms with Crippen molar-refractivity contribution in [3.8, 4) is 0 Å². The van der Waals surface area contributed by atoms with Gasteiger partial charge in [0.25, 0.3) is 0 Å². The topological polar surface area (TPSA) is 42.0 Å². The van der Waals surface area contributed by atoms with E-state index in [4.69, 9.17) is 9.47 Å². The normalized spacial score (nSPS) is 22.8. The third-order valence-corrected chi connectivity index (χ3v) is 3.75. The summed E-state index contributed by atoms with van der Waals surface area (Å²) in [6, 6.07) is 10.3. The van der Waals surface area contributed by atoms with Crippen molar-refractivity contribution >= 4 is 11.7 Å². The summed E-state index contributed by atoms with van der Waals surface area (Å²) in [5, 5.41) is 0. The van der Waals surface area contributed by atoms with Gasteiger partial charge in [-0.05, 0) is 19.1 Å². The van der Waals surface area contributed by atoms with Crippen molar-refractivity contribution in [2.75, 3.05) is 45.2 Å². The van der Waals surface area contributed by atoms with Crippen LogP contribution >= 0.6 is 0 Å². The zero-order valence-corrected chi connectivity index (χ0v) is 13.0. The predicted octanol–water partition coefficient (Wildman–Crippen LogP) is 1.39. The average Bonchev–Trinajstić information content (AvgIpc) is 2.52. The molecule has 0 radical (unpaired) electrons. The van der Waals surface area contributed by atoms with Crippen LogP contribution in [0.3, 0.4) is 0 Å². The number of esters is 1. The first-order chi connectivity index (χ1) is 10.1. The second-order valence-corrected chi connectivity index (χ2v) is 5.48. The molecule has 0 spiro atoms. The first kappa shape index (κ1) is 15.8. The van der Waals surface area contributed by atoms with Gasteiger partial charge in [0.1, 0.15) is 0 Å². The first-order valence-corrected chi connectivity index (χ1v) is 7.32. The van der Waals surface area contributed by atoms with Crippen molar-refractivity contribution in [1.82, 2.24) is 4.90 Å². The molecule has 5 nitrogen and oxygen atoms in total. The Labute approximate surface area is 126 Å². The fraction of sp³-hybridized carbons (Fsp3) is 0.562. The molecule has 1 heterocycles. The largest absolute Gasteiger partial charge is 0.467 e. The number of carbonyl (C=O) groups is 1.